The Morgan fingerprint density at radius 2 is 1.59 bits per heavy atom. The average Bonchev–Trinajstić information content (AvgIpc) is 2.25. The van der Waals surface area contributed by atoms with Crippen LogP contribution in [0.4, 0.5) is 0 Å². The second kappa shape index (κ2) is 7.95. The van der Waals surface area contributed by atoms with Crippen LogP contribution >= 0.6 is 31.0 Å². The first kappa shape index (κ1) is 17.6. The third-order valence-electron chi connectivity index (χ3n) is 2.68. The molecule has 0 aromatic heterocycles. The maximum absolute atomic E-state index is 10.8. The molecule has 104 valence electrons. The summed E-state index contributed by atoms with van der Waals surface area (Å²) < 4.78 is 15.4. The minimum Gasteiger partial charge on any atom is -0.394 e. The Kier molecular flexibility index (Phi) is 8.25. The fourth-order valence-corrected chi connectivity index (χ4v) is 2.87. The average molecular weight is 309 g/mol. The van der Waals surface area contributed by atoms with Crippen LogP contribution in [0.2, 0.25) is 0 Å². The highest BCUT2D eigenvalue weighted by atomic mass is 35.5. The van der Waals surface area contributed by atoms with Crippen molar-refractivity contribution in [3.8, 4) is 0 Å². The van der Waals surface area contributed by atoms with Crippen molar-refractivity contribution in [3.05, 3.63) is 0 Å². The SMILES string of the molecule is CC(CCl)C(C(C)CCl)C(CO)OP(=O)(O)O. The van der Waals surface area contributed by atoms with E-state index in [1.54, 1.807) is 0 Å². The van der Waals surface area contributed by atoms with Gasteiger partial charge >= 0.3 is 7.82 Å². The monoisotopic (exact) mass is 308 g/mol. The van der Waals surface area contributed by atoms with Crippen LogP contribution in [0.3, 0.4) is 0 Å². The van der Waals surface area contributed by atoms with Crippen molar-refractivity contribution < 1.29 is 24.0 Å². The van der Waals surface area contributed by atoms with Gasteiger partial charge in [-0.05, 0) is 17.8 Å². The summed E-state index contributed by atoms with van der Waals surface area (Å²) >= 11 is 11.5. The standard InChI is InChI=1S/C9H19Cl2O5P/c1-6(3-10)9(7(2)4-11)8(5-12)16-17(13,14)15/h6-9,12H,3-5H2,1-2H3,(H2,13,14,15). The quantitative estimate of drug-likeness (QED) is 0.470. The number of hydrogen-bond donors (Lipinski definition) is 3. The fraction of sp³-hybridized carbons (Fsp3) is 1.00. The second-order valence-electron chi connectivity index (χ2n) is 4.16. The summed E-state index contributed by atoms with van der Waals surface area (Å²) in [6, 6.07) is 0. The van der Waals surface area contributed by atoms with E-state index < -0.39 is 20.5 Å². The van der Waals surface area contributed by atoms with Crippen molar-refractivity contribution >= 4 is 31.0 Å². The van der Waals surface area contributed by atoms with Crippen LogP contribution in [-0.2, 0) is 9.09 Å². The number of rotatable bonds is 8. The highest BCUT2D eigenvalue weighted by Gasteiger charge is 2.35. The molecule has 0 rings (SSSR count). The molecular formula is C9H19Cl2O5P. The first-order valence-corrected chi connectivity index (χ1v) is 7.83. The number of halogens is 2. The lowest BCUT2D eigenvalue weighted by atomic mass is 9.81. The fourth-order valence-electron chi connectivity index (χ4n) is 1.90. The molecule has 0 aromatic carbocycles. The minimum absolute atomic E-state index is 0.0749. The summed E-state index contributed by atoms with van der Waals surface area (Å²) in [6.07, 6.45) is -0.974. The van der Waals surface area contributed by atoms with Crippen molar-refractivity contribution in [2.45, 2.75) is 20.0 Å². The van der Waals surface area contributed by atoms with Crippen LogP contribution in [0, 0.1) is 17.8 Å². The lowest BCUT2D eigenvalue weighted by Gasteiger charge is -2.33. The second-order valence-corrected chi connectivity index (χ2v) is 5.97. The number of aliphatic hydroxyl groups excluding tert-OH is 1. The molecule has 0 aliphatic rings. The van der Waals surface area contributed by atoms with Crippen molar-refractivity contribution in [2.24, 2.45) is 17.8 Å². The third-order valence-corrected chi connectivity index (χ3v) is 4.20. The Balaban J connectivity index is 4.91. The van der Waals surface area contributed by atoms with Gasteiger partial charge in [-0.1, -0.05) is 13.8 Å². The topological polar surface area (TPSA) is 87.0 Å². The summed E-state index contributed by atoms with van der Waals surface area (Å²) in [6.45, 7) is 3.16. The maximum Gasteiger partial charge on any atom is 0.469 e. The maximum atomic E-state index is 10.8. The molecule has 0 spiro atoms. The van der Waals surface area contributed by atoms with Crippen LogP contribution in [-0.4, -0.2) is 39.4 Å². The molecule has 0 saturated heterocycles. The van der Waals surface area contributed by atoms with Gasteiger partial charge in [0.05, 0.1) is 12.7 Å². The van der Waals surface area contributed by atoms with Gasteiger partial charge in [0.15, 0.2) is 0 Å². The molecular weight excluding hydrogens is 290 g/mol. The molecule has 3 unspecified atom stereocenters. The van der Waals surface area contributed by atoms with Gasteiger partial charge in [0, 0.05) is 11.8 Å². The van der Waals surface area contributed by atoms with Crippen LogP contribution in [0.15, 0.2) is 0 Å². The molecule has 3 atom stereocenters. The normalized spacial score (nSPS) is 19.7. The molecule has 0 fully saturated rings. The van der Waals surface area contributed by atoms with Gasteiger partial charge in [-0.15, -0.1) is 23.2 Å². The van der Waals surface area contributed by atoms with E-state index in [1.165, 1.54) is 0 Å². The lowest BCUT2D eigenvalue weighted by molar-refractivity contribution is 0.00859. The molecule has 5 nitrogen and oxygen atoms in total. The first-order chi connectivity index (χ1) is 7.76. The largest absolute Gasteiger partial charge is 0.469 e. The number of phosphoric ester groups is 1. The Morgan fingerprint density at radius 1 is 1.18 bits per heavy atom. The molecule has 0 bridgehead atoms. The first-order valence-electron chi connectivity index (χ1n) is 5.23. The summed E-state index contributed by atoms with van der Waals surface area (Å²) in [7, 11) is -4.64. The molecule has 3 N–H and O–H groups in total. The van der Waals surface area contributed by atoms with Gasteiger partial charge in [-0.3, -0.25) is 4.52 Å². The molecule has 0 aliphatic heterocycles. The van der Waals surface area contributed by atoms with Gasteiger partial charge < -0.3 is 14.9 Å². The predicted molar refractivity (Wildman–Crippen MR) is 67.3 cm³/mol. The van der Waals surface area contributed by atoms with Crippen LogP contribution in [0.5, 0.6) is 0 Å². The summed E-state index contributed by atoms with van der Waals surface area (Å²) in [5.41, 5.74) is 0. The van der Waals surface area contributed by atoms with Gasteiger partial charge in [-0.25, -0.2) is 4.57 Å². The molecule has 0 saturated carbocycles. The van der Waals surface area contributed by atoms with Gasteiger partial charge in [0.25, 0.3) is 0 Å². The molecule has 0 aromatic rings. The smallest absolute Gasteiger partial charge is 0.394 e. The zero-order valence-electron chi connectivity index (χ0n) is 9.79. The van der Waals surface area contributed by atoms with E-state index in [0.29, 0.717) is 11.8 Å². The third kappa shape index (κ3) is 6.39. The number of hydrogen-bond acceptors (Lipinski definition) is 3. The molecule has 0 aliphatic carbocycles. The molecule has 0 heterocycles. The lowest BCUT2D eigenvalue weighted by Crippen LogP contribution is -2.37. The van der Waals surface area contributed by atoms with E-state index >= 15 is 0 Å². The minimum atomic E-state index is -4.64. The zero-order chi connectivity index (χ0) is 13.6. The number of aliphatic hydroxyl groups is 1. The molecule has 8 heteroatoms. The number of phosphoric acid groups is 1. The van der Waals surface area contributed by atoms with Crippen molar-refractivity contribution in [1.82, 2.24) is 0 Å². The van der Waals surface area contributed by atoms with Crippen molar-refractivity contribution in [1.29, 1.82) is 0 Å². The zero-order valence-corrected chi connectivity index (χ0v) is 12.2. The van der Waals surface area contributed by atoms with Gasteiger partial charge in [0.1, 0.15) is 0 Å². The van der Waals surface area contributed by atoms with E-state index in [1.807, 2.05) is 13.8 Å². The summed E-state index contributed by atoms with van der Waals surface area (Å²) in [5.74, 6) is 0.130. The highest BCUT2D eigenvalue weighted by Crippen LogP contribution is 2.42. The Morgan fingerprint density at radius 3 is 1.82 bits per heavy atom. The highest BCUT2D eigenvalue weighted by molar-refractivity contribution is 7.46. The van der Waals surface area contributed by atoms with E-state index in [4.69, 9.17) is 33.0 Å². The van der Waals surface area contributed by atoms with E-state index in [9.17, 15) is 9.67 Å². The van der Waals surface area contributed by atoms with Gasteiger partial charge in [0.2, 0.25) is 0 Å². The Hall–Kier alpha value is 0.650. The van der Waals surface area contributed by atoms with E-state index in [2.05, 4.69) is 4.52 Å². The van der Waals surface area contributed by atoms with Crippen molar-refractivity contribution in [2.75, 3.05) is 18.4 Å². The van der Waals surface area contributed by atoms with Crippen LogP contribution in [0.25, 0.3) is 0 Å². The summed E-state index contributed by atoms with van der Waals surface area (Å²) in [5, 5.41) is 9.19. The van der Waals surface area contributed by atoms with Gasteiger partial charge in [-0.2, -0.15) is 0 Å². The molecule has 0 amide bonds. The molecule has 0 radical (unpaired) electrons. The van der Waals surface area contributed by atoms with Crippen LogP contribution < -0.4 is 0 Å². The van der Waals surface area contributed by atoms with E-state index in [-0.39, 0.29) is 17.8 Å². The Labute approximate surface area is 111 Å². The predicted octanol–water partition coefficient (Wildman–Crippen LogP) is 1.82. The Bertz CT molecular complexity index is 250. The number of alkyl halides is 2. The van der Waals surface area contributed by atoms with Crippen LogP contribution in [0.1, 0.15) is 13.8 Å². The summed E-state index contributed by atoms with van der Waals surface area (Å²) in [4.78, 5) is 17.6. The molecule has 17 heavy (non-hydrogen) atoms. The van der Waals surface area contributed by atoms with Crippen molar-refractivity contribution in [3.63, 3.8) is 0 Å². The van der Waals surface area contributed by atoms with E-state index in [0.717, 1.165) is 0 Å².